The highest BCUT2D eigenvalue weighted by Gasteiger charge is 2.25. The lowest BCUT2D eigenvalue weighted by Crippen LogP contribution is -2.41. The van der Waals surface area contributed by atoms with E-state index in [1.807, 2.05) is 20.8 Å². The summed E-state index contributed by atoms with van der Waals surface area (Å²) in [6.07, 6.45) is 0.463. The monoisotopic (exact) mass is 244 g/mol. The van der Waals surface area contributed by atoms with E-state index in [2.05, 4.69) is 31.4 Å². The molecule has 0 radical (unpaired) electrons. The van der Waals surface area contributed by atoms with Crippen LogP contribution in [0.4, 0.5) is 4.79 Å². The van der Waals surface area contributed by atoms with Crippen molar-refractivity contribution in [1.82, 2.24) is 10.6 Å². The van der Waals surface area contributed by atoms with E-state index in [-0.39, 0.29) is 6.09 Å². The van der Waals surface area contributed by atoms with Gasteiger partial charge in [0.25, 0.3) is 0 Å². The lowest BCUT2D eigenvalue weighted by Gasteiger charge is -2.29. The second kappa shape index (κ2) is 7.54. The summed E-state index contributed by atoms with van der Waals surface area (Å²) in [7, 11) is 0. The third-order valence-corrected chi connectivity index (χ3v) is 2.36. The molecule has 1 atom stereocenters. The van der Waals surface area contributed by atoms with E-state index in [9.17, 15) is 4.79 Å². The number of carbonyl (C=O) groups is 1. The minimum Gasteiger partial charge on any atom is -0.443 e. The first-order valence-electron chi connectivity index (χ1n) is 6.47. The molecule has 0 aliphatic heterocycles. The molecule has 0 heterocycles. The molecule has 102 valence electrons. The van der Waals surface area contributed by atoms with Crippen molar-refractivity contribution >= 4 is 6.09 Å². The molecule has 0 aliphatic carbocycles. The molecule has 0 aromatic carbocycles. The number of alkyl carbamates (subject to hydrolysis) is 1. The summed E-state index contributed by atoms with van der Waals surface area (Å²) in [5.74, 6) is 0.630. The summed E-state index contributed by atoms with van der Waals surface area (Å²) in [6, 6.07) is 0.335. The second-order valence-electron chi connectivity index (χ2n) is 5.59. The Morgan fingerprint density at radius 2 is 1.88 bits per heavy atom. The van der Waals surface area contributed by atoms with E-state index >= 15 is 0 Å². The third kappa shape index (κ3) is 8.98. The van der Waals surface area contributed by atoms with E-state index in [1.165, 1.54) is 0 Å². The molecule has 2 N–H and O–H groups in total. The van der Waals surface area contributed by atoms with Gasteiger partial charge in [-0.25, -0.2) is 4.79 Å². The summed E-state index contributed by atoms with van der Waals surface area (Å²) in [4.78, 5) is 11.4. The molecule has 0 bridgehead atoms. The Morgan fingerprint density at radius 1 is 1.29 bits per heavy atom. The molecule has 1 amide bonds. The van der Waals surface area contributed by atoms with Crippen molar-refractivity contribution in [2.75, 3.05) is 13.1 Å². The van der Waals surface area contributed by atoms with E-state index in [0.717, 1.165) is 13.0 Å². The molecule has 4 nitrogen and oxygen atoms in total. The smallest absolute Gasteiger partial charge is 0.407 e. The maximum Gasteiger partial charge on any atom is 0.407 e. The Morgan fingerprint density at radius 3 is 2.35 bits per heavy atom. The normalized spacial score (nSPS) is 13.6. The lowest BCUT2D eigenvalue weighted by atomic mass is 9.99. The Kier molecular flexibility index (Phi) is 7.19. The zero-order chi connectivity index (χ0) is 13.5. The van der Waals surface area contributed by atoms with Crippen LogP contribution in [-0.2, 0) is 4.74 Å². The van der Waals surface area contributed by atoms with Crippen molar-refractivity contribution in [3.8, 4) is 0 Å². The quantitative estimate of drug-likeness (QED) is 0.723. The van der Waals surface area contributed by atoms with Crippen LogP contribution in [0.1, 0.15) is 48.0 Å². The van der Waals surface area contributed by atoms with Crippen LogP contribution in [0.2, 0.25) is 0 Å². The van der Waals surface area contributed by atoms with Gasteiger partial charge in [0.15, 0.2) is 0 Å². The van der Waals surface area contributed by atoms with Crippen LogP contribution in [0.15, 0.2) is 0 Å². The molecule has 17 heavy (non-hydrogen) atoms. The molecule has 0 spiro atoms. The molecule has 4 heteroatoms. The van der Waals surface area contributed by atoms with Gasteiger partial charge in [-0.2, -0.15) is 0 Å². The van der Waals surface area contributed by atoms with Crippen LogP contribution < -0.4 is 10.6 Å². The van der Waals surface area contributed by atoms with Crippen molar-refractivity contribution in [1.29, 1.82) is 0 Å². The highest BCUT2D eigenvalue weighted by molar-refractivity contribution is 5.67. The van der Waals surface area contributed by atoms with Crippen molar-refractivity contribution in [3.05, 3.63) is 0 Å². The van der Waals surface area contributed by atoms with Crippen LogP contribution in [0.3, 0.4) is 0 Å². The molecule has 0 aliphatic rings. The van der Waals surface area contributed by atoms with Gasteiger partial charge in [0, 0.05) is 19.0 Å². The topological polar surface area (TPSA) is 50.4 Å². The van der Waals surface area contributed by atoms with Gasteiger partial charge in [0.2, 0.25) is 0 Å². The Bertz CT molecular complexity index is 227. The van der Waals surface area contributed by atoms with E-state index in [1.54, 1.807) is 0 Å². The molecule has 0 aromatic heterocycles. The van der Waals surface area contributed by atoms with Crippen LogP contribution in [0.25, 0.3) is 0 Å². The maximum absolute atomic E-state index is 11.4. The fourth-order valence-corrected chi connectivity index (χ4v) is 1.72. The Balaban J connectivity index is 4.01. The standard InChI is InChI=1S/C13H28N2O2/c1-7-14-12(16)17-13(5,6)8-11(4)15-9-10(2)3/h10-11,15H,7-9H2,1-6H3,(H,14,16). The van der Waals surface area contributed by atoms with Gasteiger partial charge in [-0.1, -0.05) is 13.8 Å². The van der Waals surface area contributed by atoms with Gasteiger partial charge in [0.1, 0.15) is 5.60 Å². The van der Waals surface area contributed by atoms with Crippen molar-refractivity contribution < 1.29 is 9.53 Å². The molecule has 0 saturated carbocycles. The van der Waals surface area contributed by atoms with Crippen molar-refractivity contribution in [2.24, 2.45) is 5.92 Å². The minimum absolute atomic E-state index is 0.335. The number of amides is 1. The van der Waals surface area contributed by atoms with Gasteiger partial charge in [-0.15, -0.1) is 0 Å². The fourth-order valence-electron chi connectivity index (χ4n) is 1.72. The van der Waals surface area contributed by atoms with Crippen LogP contribution in [0.5, 0.6) is 0 Å². The predicted molar refractivity (Wildman–Crippen MR) is 71.2 cm³/mol. The predicted octanol–water partition coefficient (Wildman–Crippen LogP) is 2.54. The molecule has 0 rings (SSSR count). The average molecular weight is 244 g/mol. The maximum atomic E-state index is 11.4. The largest absolute Gasteiger partial charge is 0.443 e. The highest BCUT2D eigenvalue weighted by atomic mass is 16.6. The number of hydrogen-bond acceptors (Lipinski definition) is 3. The molecular formula is C13H28N2O2. The summed E-state index contributed by atoms with van der Waals surface area (Å²) in [5.41, 5.74) is -0.442. The van der Waals surface area contributed by atoms with Gasteiger partial charge in [0.05, 0.1) is 0 Å². The molecular weight excluding hydrogens is 216 g/mol. The van der Waals surface area contributed by atoms with E-state index < -0.39 is 5.60 Å². The Labute approximate surface area is 105 Å². The first-order valence-corrected chi connectivity index (χ1v) is 6.47. The van der Waals surface area contributed by atoms with Gasteiger partial charge in [-0.05, 0) is 40.2 Å². The average Bonchev–Trinajstić information content (AvgIpc) is 2.13. The minimum atomic E-state index is -0.442. The highest BCUT2D eigenvalue weighted by Crippen LogP contribution is 2.17. The van der Waals surface area contributed by atoms with Crippen LogP contribution >= 0.6 is 0 Å². The van der Waals surface area contributed by atoms with Crippen molar-refractivity contribution in [2.45, 2.75) is 59.6 Å². The fraction of sp³-hybridized carbons (Fsp3) is 0.923. The first-order chi connectivity index (χ1) is 7.76. The summed E-state index contributed by atoms with van der Waals surface area (Å²) in [5, 5.41) is 6.08. The van der Waals surface area contributed by atoms with E-state index in [4.69, 9.17) is 4.74 Å². The number of nitrogens with one attached hydrogen (secondary N) is 2. The van der Waals surface area contributed by atoms with Gasteiger partial charge >= 0.3 is 6.09 Å². The zero-order valence-corrected chi connectivity index (χ0v) is 12.1. The van der Waals surface area contributed by atoms with Crippen LogP contribution in [0, 0.1) is 5.92 Å². The molecule has 0 saturated heterocycles. The SMILES string of the molecule is CCNC(=O)OC(C)(C)CC(C)NCC(C)C. The molecule has 0 aromatic rings. The summed E-state index contributed by atoms with van der Waals surface area (Å²) in [6.45, 7) is 13.8. The lowest BCUT2D eigenvalue weighted by molar-refractivity contribution is 0.0267. The molecule has 0 fully saturated rings. The number of hydrogen-bond donors (Lipinski definition) is 2. The van der Waals surface area contributed by atoms with Gasteiger partial charge < -0.3 is 15.4 Å². The zero-order valence-electron chi connectivity index (χ0n) is 12.1. The van der Waals surface area contributed by atoms with E-state index in [0.29, 0.717) is 18.5 Å². The number of carbonyl (C=O) groups excluding carboxylic acids is 1. The second-order valence-corrected chi connectivity index (χ2v) is 5.59. The number of rotatable bonds is 7. The molecule has 1 unspecified atom stereocenters. The third-order valence-electron chi connectivity index (χ3n) is 2.36. The number of ether oxygens (including phenoxy) is 1. The van der Waals surface area contributed by atoms with Gasteiger partial charge in [-0.3, -0.25) is 0 Å². The summed E-state index contributed by atoms with van der Waals surface area (Å²) < 4.78 is 5.37. The van der Waals surface area contributed by atoms with Crippen LogP contribution in [-0.4, -0.2) is 30.8 Å². The Hall–Kier alpha value is -0.770. The first kappa shape index (κ1) is 16.2. The van der Waals surface area contributed by atoms with Crippen molar-refractivity contribution in [3.63, 3.8) is 0 Å². The summed E-state index contributed by atoms with van der Waals surface area (Å²) >= 11 is 0.